The molecule has 2 aromatic carbocycles. The number of aromatic nitrogens is 1. The summed E-state index contributed by atoms with van der Waals surface area (Å²) in [6.07, 6.45) is -3.44. The van der Waals surface area contributed by atoms with Gasteiger partial charge in [-0.25, -0.2) is 9.78 Å². The van der Waals surface area contributed by atoms with Gasteiger partial charge in [0, 0.05) is 24.0 Å². The summed E-state index contributed by atoms with van der Waals surface area (Å²) in [6, 6.07) is 12.3. The Balaban J connectivity index is 1.75. The molecule has 0 radical (unpaired) electrons. The number of halogens is 3. The van der Waals surface area contributed by atoms with Crippen molar-refractivity contribution in [2.45, 2.75) is 33.0 Å². The third kappa shape index (κ3) is 5.85. The van der Waals surface area contributed by atoms with Crippen molar-refractivity contribution in [2.24, 2.45) is 0 Å². The minimum absolute atomic E-state index is 0.330. The van der Waals surface area contributed by atoms with E-state index in [2.05, 4.69) is 16.8 Å². The Bertz CT molecular complexity index is 999. The van der Waals surface area contributed by atoms with Crippen molar-refractivity contribution in [2.75, 3.05) is 18.1 Å². The highest BCUT2D eigenvalue weighted by Gasteiger charge is 2.30. The van der Waals surface area contributed by atoms with Gasteiger partial charge in [0.1, 0.15) is 0 Å². The van der Waals surface area contributed by atoms with Gasteiger partial charge < -0.3 is 9.64 Å². The van der Waals surface area contributed by atoms with Crippen LogP contribution in [0.2, 0.25) is 0 Å². The number of rotatable bonds is 8. The van der Waals surface area contributed by atoms with Crippen molar-refractivity contribution in [1.29, 1.82) is 0 Å². The normalized spacial score (nSPS) is 11.4. The molecule has 0 aliphatic heterocycles. The molecule has 164 valence electrons. The molecule has 0 bridgehead atoms. The molecular formula is C23H23F3N2O2S. The van der Waals surface area contributed by atoms with Crippen LogP contribution in [0.1, 0.15) is 41.8 Å². The molecule has 4 nitrogen and oxygen atoms in total. The van der Waals surface area contributed by atoms with Gasteiger partial charge in [0.15, 0.2) is 5.13 Å². The Kier molecular flexibility index (Phi) is 7.33. The van der Waals surface area contributed by atoms with Gasteiger partial charge in [0.25, 0.3) is 0 Å². The molecule has 0 spiro atoms. The second kappa shape index (κ2) is 9.96. The van der Waals surface area contributed by atoms with Crippen molar-refractivity contribution in [3.63, 3.8) is 0 Å². The van der Waals surface area contributed by atoms with Gasteiger partial charge in [0.05, 0.1) is 23.4 Å². The largest absolute Gasteiger partial charge is 0.462 e. The fourth-order valence-corrected chi connectivity index (χ4v) is 3.93. The maximum Gasteiger partial charge on any atom is 0.416 e. The highest BCUT2D eigenvalue weighted by atomic mass is 32.1. The smallest absolute Gasteiger partial charge is 0.416 e. The van der Waals surface area contributed by atoms with Gasteiger partial charge >= 0.3 is 12.1 Å². The molecule has 1 heterocycles. The number of carbonyl (C=O) groups is 1. The number of nitrogens with zero attached hydrogens (tertiary/aromatic N) is 2. The maximum absolute atomic E-state index is 12.8. The average Bonchev–Trinajstić information content (AvgIpc) is 3.24. The molecule has 0 saturated carbocycles. The zero-order valence-corrected chi connectivity index (χ0v) is 18.1. The lowest BCUT2D eigenvalue weighted by molar-refractivity contribution is -0.137. The first-order chi connectivity index (χ1) is 14.8. The molecule has 0 fully saturated rings. The van der Waals surface area contributed by atoms with Gasteiger partial charge in [0.2, 0.25) is 0 Å². The minimum atomic E-state index is -4.35. The SMILES string of the molecule is CCCN(Cc1ccc(C(=O)OCC)cc1)c1nc(-c2ccc(C(F)(F)F)cc2)cs1. The van der Waals surface area contributed by atoms with Crippen LogP contribution in [0.3, 0.4) is 0 Å². The lowest BCUT2D eigenvalue weighted by Crippen LogP contribution is -2.23. The summed E-state index contributed by atoms with van der Waals surface area (Å²) in [7, 11) is 0. The first-order valence-electron chi connectivity index (χ1n) is 9.96. The van der Waals surface area contributed by atoms with Gasteiger partial charge in [-0.05, 0) is 43.2 Å². The fraction of sp³-hybridized carbons (Fsp3) is 0.304. The van der Waals surface area contributed by atoms with Crippen molar-refractivity contribution in [3.8, 4) is 11.3 Å². The summed E-state index contributed by atoms with van der Waals surface area (Å²) in [4.78, 5) is 18.6. The Hall–Kier alpha value is -2.87. The molecule has 0 aliphatic rings. The molecule has 3 aromatic rings. The maximum atomic E-state index is 12.8. The molecule has 8 heteroatoms. The van der Waals surface area contributed by atoms with Crippen molar-refractivity contribution in [1.82, 2.24) is 4.98 Å². The summed E-state index contributed by atoms with van der Waals surface area (Å²) in [6.45, 7) is 5.55. The number of carbonyl (C=O) groups excluding carboxylic acids is 1. The highest BCUT2D eigenvalue weighted by Crippen LogP contribution is 2.33. The van der Waals surface area contributed by atoms with Gasteiger partial charge in [-0.3, -0.25) is 0 Å². The number of hydrogen-bond acceptors (Lipinski definition) is 5. The van der Waals surface area contributed by atoms with Crippen LogP contribution in [-0.4, -0.2) is 24.1 Å². The number of ether oxygens (including phenoxy) is 1. The van der Waals surface area contributed by atoms with E-state index in [0.717, 1.165) is 35.8 Å². The van der Waals surface area contributed by atoms with Crippen LogP contribution in [0.4, 0.5) is 18.3 Å². The topological polar surface area (TPSA) is 42.4 Å². The van der Waals surface area contributed by atoms with E-state index in [1.165, 1.54) is 23.5 Å². The van der Waals surface area contributed by atoms with E-state index < -0.39 is 11.7 Å². The molecule has 0 N–H and O–H groups in total. The molecular weight excluding hydrogens is 425 g/mol. The predicted molar refractivity (Wildman–Crippen MR) is 116 cm³/mol. The second-order valence-electron chi connectivity index (χ2n) is 6.93. The second-order valence-corrected chi connectivity index (χ2v) is 7.77. The molecule has 31 heavy (non-hydrogen) atoms. The summed E-state index contributed by atoms with van der Waals surface area (Å²) in [5.74, 6) is -0.347. The number of alkyl halides is 3. The number of anilines is 1. The summed E-state index contributed by atoms with van der Waals surface area (Å²) in [5, 5.41) is 2.65. The Morgan fingerprint density at radius 2 is 1.74 bits per heavy atom. The van der Waals surface area contributed by atoms with E-state index in [4.69, 9.17) is 4.74 Å². The standard InChI is InChI=1S/C23H23F3N2O2S/c1-3-13-28(14-16-5-7-18(8-6-16)21(29)30-4-2)22-27-20(15-31-22)17-9-11-19(12-10-17)23(24,25)26/h5-12,15H,3-4,13-14H2,1-2H3. The molecule has 0 unspecified atom stereocenters. The van der Waals surface area contributed by atoms with Crippen LogP contribution in [0.25, 0.3) is 11.3 Å². The van der Waals surface area contributed by atoms with E-state index >= 15 is 0 Å². The zero-order valence-electron chi connectivity index (χ0n) is 17.3. The monoisotopic (exact) mass is 448 g/mol. The van der Waals surface area contributed by atoms with Crippen LogP contribution in [-0.2, 0) is 17.5 Å². The number of thiazole rings is 1. The van der Waals surface area contributed by atoms with Crippen molar-refractivity contribution >= 4 is 22.4 Å². The van der Waals surface area contributed by atoms with Gasteiger partial charge in [-0.1, -0.05) is 31.2 Å². The van der Waals surface area contributed by atoms with E-state index in [1.54, 1.807) is 19.1 Å². The zero-order chi connectivity index (χ0) is 22.4. The first kappa shape index (κ1) is 22.8. The molecule has 0 aliphatic carbocycles. The van der Waals surface area contributed by atoms with E-state index in [-0.39, 0.29) is 5.97 Å². The summed E-state index contributed by atoms with van der Waals surface area (Å²) in [5.41, 5.74) is 2.14. The quantitative estimate of drug-likeness (QED) is 0.373. The van der Waals surface area contributed by atoms with Gasteiger partial charge in [-0.15, -0.1) is 11.3 Å². The van der Waals surface area contributed by atoms with Crippen molar-refractivity contribution in [3.05, 3.63) is 70.6 Å². The minimum Gasteiger partial charge on any atom is -0.462 e. The lowest BCUT2D eigenvalue weighted by Gasteiger charge is -2.21. The highest BCUT2D eigenvalue weighted by molar-refractivity contribution is 7.14. The lowest BCUT2D eigenvalue weighted by atomic mass is 10.1. The first-order valence-corrected chi connectivity index (χ1v) is 10.8. The molecule has 0 amide bonds. The third-order valence-corrected chi connectivity index (χ3v) is 5.50. The van der Waals surface area contributed by atoms with E-state index in [0.29, 0.717) is 30.0 Å². The number of benzene rings is 2. The number of esters is 1. The van der Waals surface area contributed by atoms with Crippen LogP contribution < -0.4 is 4.90 Å². The summed E-state index contributed by atoms with van der Waals surface area (Å²) >= 11 is 1.45. The molecule has 0 atom stereocenters. The average molecular weight is 449 g/mol. The Morgan fingerprint density at radius 1 is 1.06 bits per heavy atom. The fourth-order valence-electron chi connectivity index (χ4n) is 3.07. The van der Waals surface area contributed by atoms with Crippen LogP contribution in [0.5, 0.6) is 0 Å². The van der Waals surface area contributed by atoms with E-state index in [1.807, 2.05) is 17.5 Å². The predicted octanol–water partition coefficient (Wildman–Crippen LogP) is 6.42. The van der Waals surface area contributed by atoms with Crippen LogP contribution >= 0.6 is 11.3 Å². The third-order valence-electron chi connectivity index (χ3n) is 4.60. The van der Waals surface area contributed by atoms with Gasteiger partial charge in [-0.2, -0.15) is 13.2 Å². The molecule has 0 saturated heterocycles. The Labute approximate surface area is 183 Å². The summed E-state index contributed by atoms with van der Waals surface area (Å²) < 4.78 is 43.4. The number of hydrogen-bond donors (Lipinski definition) is 0. The molecule has 1 aromatic heterocycles. The Morgan fingerprint density at radius 3 is 2.32 bits per heavy atom. The molecule has 3 rings (SSSR count). The van der Waals surface area contributed by atoms with Crippen molar-refractivity contribution < 1.29 is 22.7 Å². The van der Waals surface area contributed by atoms with E-state index in [9.17, 15) is 18.0 Å². The van der Waals surface area contributed by atoms with Crippen LogP contribution in [0.15, 0.2) is 53.9 Å². The van der Waals surface area contributed by atoms with Crippen LogP contribution in [0, 0.1) is 0 Å².